The summed E-state index contributed by atoms with van der Waals surface area (Å²) in [5.74, 6) is -0.281. The molecule has 2 nitrogen and oxygen atoms in total. The number of nitrogens with zero attached hydrogens (tertiary/aromatic N) is 1. The molecule has 19 heavy (non-hydrogen) atoms. The van der Waals surface area contributed by atoms with Gasteiger partial charge >= 0.3 is 0 Å². The maximum atomic E-state index is 13.0. The standard InChI is InChI=1S/C15H12BrFN2/c1-10(12-4-2-3-11(7-12)9-18)19-15-6-5-13(17)8-14(15)16/h2-8,10,19H,1H3. The average molecular weight is 319 g/mol. The van der Waals surface area contributed by atoms with Gasteiger partial charge in [-0.3, -0.25) is 0 Å². The Labute approximate surface area is 120 Å². The Morgan fingerprint density at radius 3 is 2.74 bits per heavy atom. The summed E-state index contributed by atoms with van der Waals surface area (Å²) in [6, 6.07) is 14.1. The summed E-state index contributed by atoms with van der Waals surface area (Å²) < 4.78 is 13.7. The summed E-state index contributed by atoms with van der Waals surface area (Å²) in [7, 11) is 0. The third kappa shape index (κ3) is 3.33. The highest BCUT2D eigenvalue weighted by atomic mass is 79.9. The van der Waals surface area contributed by atoms with Crippen molar-refractivity contribution in [1.29, 1.82) is 5.26 Å². The third-order valence-electron chi connectivity index (χ3n) is 2.82. The van der Waals surface area contributed by atoms with Crippen LogP contribution in [-0.4, -0.2) is 0 Å². The first kappa shape index (κ1) is 13.6. The zero-order valence-electron chi connectivity index (χ0n) is 10.3. The van der Waals surface area contributed by atoms with Crippen molar-refractivity contribution in [3.63, 3.8) is 0 Å². The second-order valence-corrected chi connectivity index (χ2v) is 5.08. The fourth-order valence-electron chi connectivity index (χ4n) is 1.80. The molecule has 0 spiro atoms. The minimum Gasteiger partial charge on any atom is -0.378 e. The van der Waals surface area contributed by atoms with Gasteiger partial charge in [-0.05, 0) is 58.7 Å². The first-order valence-electron chi connectivity index (χ1n) is 5.82. The van der Waals surface area contributed by atoms with Gasteiger partial charge in [0.25, 0.3) is 0 Å². The van der Waals surface area contributed by atoms with Crippen molar-refractivity contribution >= 4 is 21.6 Å². The van der Waals surface area contributed by atoms with Gasteiger partial charge in [0.05, 0.1) is 11.6 Å². The van der Waals surface area contributed by atoms with Gasteiger partial charge in [0, 0.05) is 16.2 Å². The predicted octanol–water partition coefficient (Wildman–Crippen LogP) is 4.63. The molecular formula is C15H12BrFN2. The number of nitrogens with one attached hydrogen (secondary N) is 1. The molecule has 2 rings (SSSR count). The fourth-order valence-corrected chi connectivity index (χ4v) is 2.27. The lowest BCUT2D eigenvalue weighted by Crippen LogP contribution is -2.07. The molecule has 0 heterocycles. The molecule has 0 aliphatic heterocycles. The second-order valence-electron chi connectivity index (χ2n) is 4.23. The molecule has 2 aromatic rings. The Morgan fingerprint density at radius 2 is 2.05 bits per heavy atom. The molecule has 0 aliphatic rings. The molecule has 1 unspecified atom stereocenters. The summed E-state index contributed by atoms with van der Waals surface area (Å²) >= 11 is 3.32. The Balaban J connectivity index is 2.20. The number of benzene rings is 2. The smallest absolute Gasteiger partial charge is 0.124 e. The lowest BCUT2D eigenvalue weighted by atomic mass is 10.1. The van der Waals surface area contributed by atoms with E-state index in [1.807, 2.05) is 25.1 Å². The van der Waals surface area contributed by atoms with E-state index in [0.717, 1.165) is 11.3 Å². The molecule has 0 aromatic heterocycles. The molecule has 1 atom stereocenters. The molecule has 0 aliphatic carbocycles. The summed E-state index contributed by atoms with van der Waals surface area (Å²) in [6.45, 7) is 1.99. The Hall–Kier alpha value is -1.86. The van der Waals surface area contributed by atoms with Gasteiger partial charge in [0.1, 0.15) is 5.82 Å². The molecule has 0 saturated heterocycles. The van der Waals surface area contributed by atoms with Crippen molar-refractivity contribution in [3.05, 3.63) is 63.9 Å². The first-order chi connectivity index (χ1) is 9.10. The number of halogens is 2. The van der Waals surface area contributed by atoms with Gasteiger partial charge in [-0.2, -0.15) is 5.26 Å². The predicted molar refractivity (Wildman–Crippen MR) is 77.3 cm³/mol. The SMILES string of the molecule is CC(Nc1ccc(F)cc1Br)c1cccc(C#N)c1. The highest BCUT2D eigenvalue weighted by Gasteiger charge is 2.08. The van der Waals surface area contributed by atoms with Crippen LogP contribution in [0.2, 0.25) is 0 Å². The van der Waals surface area contributed by atoms with E-state index in [2.05, 4.69) is 27.3 Å². The molecule has 1 N–H and O–H groups in total. The van der Waals surface area contributed by atoms with Gasteiger partial charge < -0.3 is 5.32 Å². The van der Waals surface area contributed by atoms with Gasteiger partial charge in [-0.15, -0.1) is 0 Å². The Morgan fingerprint density at radius 1 is 1.26 bits per heavy atom. The van der Waals surface area contributed by atoms with Crippen molar-refractivity contribution in [1.82, 2.24) is 0 Å². The number of hydrogen-bond acceptors (Lipinski definition) is 2. The van der Waals surface area contributed by atoms with Crippen molar-refractivity contribution in [2.24, 2.45) is 0 Å². The lowest BCUT2D eigenvalue weighted by molar-refractivity contribution is 0.627. The van der Waals surface area contributed by atoms with E-state index < -0.39 is 0 Å². The van der Waals surface area contributed by atoms with Crippen LogP contribution >= 0.6 is 15.9 Å². The van der Waals surface area contributed by atoms with Crippen LogP contribution in [0.4, 0.5) is 10.1 Å². The van der Waals surface area contributed by atoms with E-state index in [-0.39, 0.29) is 11.9 Å². The minimum atomic E-state index is -0.281. The molecule has 0 radical (unpaired) electrons. The molecule has 0 saturated carbocycles. The minimum absolute atomic E-state index is 0.0232. The number of anilines is 1. The summed E-state index contributed by atoms with van der Waals surface area (Å²) in [6.07, 6.45) is 0. The van der Waals surface area contributed by atoms with Crippen LogP contribution in [-0.2, 0) is 0 Å². The highest BCUT2D eigenvalue weighted by molar-refractivity contribution is 9.10. The quantitative estimate of drug-likeness (QED) is 0.895. The molecule has 0 fully saturated rings. The number of rotatable bonds is 3. The van der Waals surface area contributed by atoms with Crippen molar-refractivity contribution in [2.45, 2.75) is 13.0 Å². The number of nitriles is 1. The van der Waals surface area contributed by atoms with Gasteiger partial charge in [0.15, 0.2) is 0 Å². The van der Waals surface area contributed by atoms with Gasteiger partial charge in [0.2, 0.25) is 0 Å². The van der Waals surface area contributed by atoms with Crippen LogP contribution < -0.4 is 5.32 Å². The lowest BCUT2D eigenvalue weighted by Gasteiger charge is -2.17. The molecule has 4 heteroatoms. The molecular weight excluding hydrogens is 307 g/mol. The summed E-state index contributed by atoms with van der Waals surface area (Å²) in [4.78, 5) is 0. The normalized spacial score (nSPS) is 11.7. The maximum absolute atomic E-state index is 13.0. The number of hydrogen-bond donors (Lipinski definition) is 1. The van der Waals surface area contributed by atoms with Crippen LogP contribution in [0.5, 0.6) is 0 Å². The third-order valence-corrected chi connectivity index (χ3v) is 3.47. The van der Waals surface area contributed by atoms with E-state index in [4.69, 9.17) is 5.26 Å². The molecule has 2 aromatic carbocycles. The van der Waals surface area contributed by atoms with E-state index in [9.17, 15) is 4.39 Å². The fraction of sp³-hybridized carbons (Fsp3) is 0.133. The van der Waals surface area contributed by atoms with Crippen LogP contribution in [0.25, 0.3) is 0 Å². The maximum Gasteiger partial charge on any atom is 0.124 e. The second kappa shape index (κ2) is 5.85. The van der Waals surface area contributed by atoms with Crippen LogP contribution in [0, 0.1) is 17.1 Å². The van der Waals surface area contributed by atoms with Crippen molar-refractivity contribution in [3.8, 4) is 6.07 Å². The Bertz CT molecular complexity index is 634. The highest BCUT2D eigenvalue weighted by Crippen LogP contribution is 2.27. The van der Waals surface area contributed by atoms with Gasteiger partial charge in [-0.1, -0.05) is 12.1 Å². The van der Waals surface area contributed by atoms with Crippen molar-refractivity contribution < 1.29 is 4.39 Å². The first-order valence-corrected chi connectivity index (χ1v) is 6.61. The summed E-state index contributed by atoms with van der Waals surface area (Å²) in [5, 5.41) is 12.2. The van der Waals surface area contributed by atoms with Crippen LogP contribution in [0.3, 0.4) is 0 Å². The molecule has 0 bridgehead atoms. The van der Waals surface area contributed by atoms with Crippen LogP contribution in [0.1, 0.15) is 24.1 Å². The summed E-state index contributed by atoms with van der Waals surface area (Å²) in [5.41, 5.74) is 2.45. The average Bonchev–Trinajstić information content (AvgIpc) is 2.42. The largest absolute Gasteiger partial charge is 0.378 e. The van der Waals surface area contributed by atoms with E-state index >= 15 is 0 Å². The van der Waals surface area contributed by atoms with E-state index in [1.165, 1.54) is 12.1 Å². The topological polar surface area (TPSA) is 35.8 Å². The zero-order valence-corrected chi connectivity index (χ0v) is 11.9. The zero-order chi connectivity index (χ0) is 13.8. The van der Waals surface area contributed by atoms with E-state index in [0.29, 0.717) is 10.0 Å². The molecule has 96 valence electrons. The van der Waals surface area contributed by atoms with E-state index in [1.54, 1.807) is 12.1 Å². The van der Waals surface area contributed by atoms with Crippen molar-refractivity contribution in [2.75, 3.05) is 5.32 Å². The molecule has 0 amide bonds. The Kier molecular flexibility index (Phi) is 4.18. The van der Waals surface area contributed by atoms with Crippen LogP contribution in [0.15, 0.2) is 46.9 Å². The van der Waals surface area contributed by atoms with Gasteiger partial charge in [-0.25, -0.2) is 4.39 Å². The monoisotopic (exact) mass is 318 g/mol.